The van der Waals surface area contributed by atoms with Crippen LogP contribution >= 0.6 is 0 Å². The highest BCUT2D eigenvalue weighted by molar-refractivity contribution is 5.92. The van der Waals surface area contributed by atoms with Crippen molar-refractivity contribution in [3.63, 3.8) is 0 Å². The molecule has 0 aromatic rings. The van der Waals surface area contributed by atoms with E-state index >= 15 is 0 Å². The van der Waals surface area contributed by atoms with E-state index in [0.717, 1.165) is 0 Å². The quantitative estimate of drug-likeness (QED) is 0.589. The van der Waals surface area contributed by atoms with Gasteiger partial charge in [0.15, 0.2) is 12.4 Å². The second-order valence-corrected chi connectivity index (χ2v) is 5.37. The molecule has 5 unspecified atom stereocenters. The minimum Gasteiger partial charge on any atom is -0.450 e. The summed E-state index contributed by atoms with van der Waals surface area (Å²) in [5, 5.41) is 28.8. The number of carbonyl (C=O) groups excluding carboxylic acids is 1. The fraction of sp³-hybridized carbons (Fsp3) is 0.643. The summed E-state index contributed by atoms with van der Waals surface area (Å²) in [6.45, 7) is 1.66. The van der Waals surface area contributed by atoms with E-state index in [9.17, 15) is 20.1 Å². The van der Waals surface area contributed by atoms with Crippen molar-refractivity contribution in [2.75, 3.05) is 13.7 Å². The third-order valence-electron chi connectivity index (χ3n) is 3.74. The molecule has 1 heterocycles. The van der Waals surface area contributed by atoms with Gasteiger partial charge in [-0.3, -0.25) is 0 Å². The molecular weight excluding hydrogens is 280 g/mol. The van der Waals surface area contributed by atoms with Gasteiger partial charge in [-0.1, -0.05) is 12.2 Å². The van der Waals surface area contributed by atoms with Crippen LogP contribution in [0.15, 0.2) is 23.8 Å². The molecule has 1 saturated heterocycles. The Morgan fingerprint density at radius 2 is 2.14 bits per heavy atom. The van der Waals surface area contributed by atoms with E-state index in [2.05, 4.69) is 0 Å². The van der Waals surface area contributed by atoms with E-state index in [-0.39, 0.29) is 6.61 Å². The molecule has 2 aliphatic rings. The SMILES string of the molecule is COC1(C)C=CC(C(=O)OC2C(O)OCC(O)C2O)=CC1. The van der Waals surface area contributed by atoms with E-state index in [1.54, 1.807) is 25.3 Å². The molecule has 0 bridgehead atoms. The van der Waals surface area contributed by atoms with Crippen molar-refractivity contribution in [1.29, 1.82) is 0 Å². The highest BCUT2D eigenvalue weighted by atomic mass is 16.7. The number of ether oxygens (including phenoxy) is 3. The first-order valence-electron chi connectivity index (χ1n) is 6.67. The standard InChI is InChI=1S/C14H20O7/c1-14(19-2)5-3-8(4-6-14)12(17)21-11-10(16)9(15)7-20-13(11)18/h3-5,9-11,13,15-16,18H,6-7H2,1-2H3. The number of carbonyl (C=O) groups is 1. The molecule has 0 saturated carbocycles. The van der Waals surface area contributed by atoms with E-state index < -0.39 is 36.2 Å². The lowest BCUT2D eigenvalue weighted by molar-refractivity contribution is -0.258. The Kier molecular flexibility index (Phi) is 4.80. The smallest absolute Gasteiger partial charge is 0.338 e. The Bertz CT molecular complexity index is 458. The Balaban J connectivity index is 2.00. The molecule has 118 valence electrons. The van der Waals surface area contributed by atoms with Crippen molar-refractivity contribution in [2.24, 2.45) is 0 Å². The van der Waals surface area contributed by atoms with Gasteiger partial charge in [-0.25, -0.2) is 4.79 Å². The molecule has 0 spiro atoms. The van der Waals surface area contributed by atoms with Crippen LogP contribution < -0.4 is 0 Å². The highest BCUT2D eigenvalue weighted by Crippen LogP contribution is 2.25. The average molecular weight is 300 g/mol. The van der Waals surface area contributed by atoms with Gasteiger partial charge in [0.1, 0.15) is 12.2 Å². The second kappa shape index (κ2) is 6.25. The predicted octanol–water partition coefficient (Wildman–Crippen LogP) is -0.740. The third-order valence-corrected chi connectivity index (χ3v) is 3.74. The first-order valence-corrected chi connectivity index (χ1v) is 6.67. The summed E-state index contributed by atoms with van der Waals surface area (Å²) in [7, 11) is 1.58. The molecule has 21 heavy (non-hydrogen) atoms. The van der Waals surface area contributed by atoms with Crippen molar-refractivity contribution >= 4 is 5.97 Å². The van der Waals surface area contributed by atoms with Gasteiger partial charge in [-0.15, -0.1) is 0 Å². The summed E-state index contributed by atoms with van der Waals surface area (Å²) in [6, 6.07) is 0. The summed E-state index contributed by atoms with van der Waals surface area (Å²) < 4.78 is 15.2. The molecule has 7 nitrogen and oxygen atoms in total. The lowest BCUT2D eigenvalue weighted by Gasteiger charge is -2.35. The molecule has 1 aliphatic carbocycles. The number of rotatable bonds is 3. The van der Waals surface area contributed by atoms with Gasteiger partial charge in [0.25, 0.3) is 0 Å². The van der Waals surface area contributed by atoms with Crippen LogP contribution in [0.3, 0.4) is 0 Å². The minimum absolute atomic E-state index is 0.217. The normalized spacial score (nSPS) is 39.8. The molecule has 1 aliphatic heterocycles. The Morgan fingerprint density at radius 3 is 2.71 bits per heavy atom. The molecule has 7 heteroatoms. The van der Waals surface area contributed by atoms with Crippen LogP contribution in [-0.4, -0.2) is 65.2 Å². The molecule has 3 N–H and O–H groups in total. The van der Waals surface area contributed by atoms with Crippen molar-refractivity contribution in [3.05, 3.63) is 23.8 Å². The molecule has 0 aromatic heterocycles. The number of hydrogen-bond donors (Lipinski definition) is 3. The summed E-state index contributed by atoms with van der Waals surface area (Å²) >= 11 is 0. The lowest BCUT2D eigenvalue weighted by Crippen LogP contribution is -2.54. The van der Waals surface area contributed by atoms with Crippen LogP contribution in [0.25, 0.3) is 0 Å². The Morgan fingerprint density at radius 1 is 1.43 bits per heavy atom. The van der Waals surface area contributed by atoms with Crippen LogP contribution in [0.2, 0.25) is 0 Å². The van der Waals surface area contributed by atoms with Gasteiger partial charge >= 0.3 is 5.97 Å². The Labute approximate surface area is 122 Å². The number of esters is 1. The number of hydrogen-bond acceptors (Lipinski definition) is 7. The van der Waals surface area contributed by atoms with Crippen molar-refractivity contribution in [1.82, 2.24) is 0 Å². The molecule has 0 amide bonds. The number of aliphatic hydroxyl groups is 3. The van der Waals surface area contributed by atoms with E-state index in [0.29, 0.717) is 12.0 Å². The predicted molar refractivity (Wildman–Crippen MR) is 71.1 cm³/mol. The van der Waals surface area contributed by atoms with E-state index in [1.165, 1.54) is 0 Å². The third kappa shape index (κ3) is 3.50. The molecular formula is C14H20O7. The van der Waals surface area contributed by atoms with Crippen LogP contribution in [0.5, 0.6) is 0 Å². The average Bonchev–Trinajstić information content (AvgIpc) is 2.48. The first kappa shape index (κ1) is 16.1. The molecule has 1 fully saturated rings. The zero-order valence-corrected chi connectivity index (χ0v) is 11.9. The lowest BCUT2D eigenvalue weighted by atomic mass is 9.94. The Hall–Kier alpha value is -1.25. The van der Waals surface area contributed by atoms with Crippen LogP contribution in [0.1, 0.15) is 13.3 Å². The number of aliphatic hydroxyl groups excluding tert-OH is 3. The fourth-order valence-electron chi connectivity index (χ4n) is 2.12. The maximum Gasteiger partial charge on any atom is 0.338 e. The van der Waals surface area contributed by atoms with Crippen LogP contribution in [0, 0.1) is 0 Å². The number of methoxy groups -OCH3 is 1. The molecule has 0 radical (unpaired) electrons. The first-order chi connectivity index (χ1) is 9.86. The molecule has 2 rings (SSSR count). The summed E-state index contributed by atoms with van der Waals surface area (Å²) in [5.41, 5.74) is -0.170. The summed E-state index contributed by atoms with van der Waals surface area (Å²) in [4.78, 5) is 12.0. The highest BCUT2D eigenvalue weighted by Gasteiger charge is 2.41. The van der Waals surface area contributed by atoms with Gasteiger partial charge in [-0.2, -0.15) is 0 Å². The zero-order valence-electron chi connectivity index (χ0n) is 11.9. The zero-order chi connectivity index (χ0) is 15.6. The fourth-order valence-corrected chi connectivity index (χ4v) is 2.12. The minimum atomic E-state index is -1.47. The molecule has 0 aromatic carbocycles. The van der Waals surface area contributed by atoms with Gasteiger partial charge in [0.05, 0.1) is 17.8 Å². The van der Waals surface area contributed by atoms with Gasteiger partial charge < -0.3 is 29.5 Å². The molecule has 5 atom stereocenters. The van der Waals surface area contributed by atoms with Crippen molar-refractivity contribution in [3.8, 4) is 0 Å². The van der Waals surface area contributed by atoms with Gasteiger partial charge in [0, 0.05) is 7.11 Å². The largest absolute Gasteiger partial charge is 0.450 e. The summed E-state index contributed by atoms with van der Waals surface area (Å²) in [6.07, 6.45) is 0.0611. The van der Waals surface area contributed by atoms with Gasteiger partial charge in [-0.05, 0) is 19.4 Å². The maximum absolute atomic E-state index is 12.0. The van der Waals surface area contributed by atoms with Crippen LogP contribution in [-0.2, 0) is 19.0 Å². The van der Waals surface area contributed by atoms with Gasteiger partial charge in [0.2, 0.25) is 0 Å². The second-order valence-electron chi connectivity index (χ2n) is 5.37. The topological polar surface area (TPSA) is 105 Å². The van der Waals surface area contributed by atoms with Crippen molar-refractivity contribution < 1.29 is 34.3 Å². The van der Waals surface area contributed by atoms with Crippen molar-refractivity contribution in [2.45, 2.75) is 43.5 Å². The summed E-state index contributed by atoms with van der Waals surface area (Å²) in [5.74, 6) is -0.704. The van der Waals surface area contributed by atoms with E-state index in [4.69, 9.17) is 14.2 Å². The van der Waals surface area contributed by atoms with Crippen LogP contribution in [0.4, 0.5) is 0 Å². The monoisotopic (exact) mass is 300 g/mol. The van der Waals surface area contributed by atoms with E-state index in [1.807, 2.05) is 6.92 Å². The maximum atomic E-state index is 12.0.